The first kappa shape index (κ1) is 16.8. The normalized spacial score (nSPS) is 8.86. The number of nitrogens with zero attached hydrogens (tertiary/aromatic N) is 3. The average Bonchev–Trinajstić information content (AvgIpc) is 2.58. The summed E-state index contributed by atoms with van der Waals surface area (Å²) in [5.41, 5.74) is 4.07. The van der Waals surface area contributed by atoms with E-state index in [9.17, 15) is 0 Å². The van der Waals surface area contributed by atoms with Gasteiger partial charge in [0.2, 0.25) is 0 Å². The second-order valence-electron chi connectivity index (χ2n) is 3.88. The zero-order chi connectivity index (χ0) is 14.2. The molecule has 21 heavy (non-hydrogen) atoms. The van der Waals surface area contributed by atoms with Gasteiger partial charge in [-0.1, -0.05) is 12.1 Å². The maximum absolute atomic E-state index is 5.00. The van der Waals surface area contributed by atoms with Crippen LogP contribution in [0.5, 0.6) is 0 Å². The summed E-state index contributed by atoms with van der Waals surface area (Å²) in [4.78, 5) is 12.8. The molecule has 0 unspecified atom stereocenters. The van der Waals surface area contributed by atoms with Crippen LogP contribution in [0.15, 0.2) is 67.4 Å². The van der Waals surface area contributed by atoms with Crippen LogP contribution in [0.25, 0.3) is 22.4 Å². The first-order valence-corrected chi connectivity index (χ1v) is 5.96. The minimum Gasteiger partial charge on any atom is -1.00 e. The molecule has 0 aliphatic rings. The third kappa shape index (κ3) is 4.08. The van der Waals surface area contributed by atoms with Crippen LogP contribution >= 0.6 is 0 Å². The van der Waals surface area contributed by atoms with Crippen LogP contribution in [0, 0.1) is 12.8 Å². The van der Waals surface area contributed by atoms with Gasteiger partial charge in [-0.05, 0) is 24.3 Å². The summed E-state index contributed by atoms with van der Waals surface area (Å²) < 4.78 is 0. The van der Waals surface area contributed by atoms with E-state index < -0.39 is 0 Å². The zero-order valence-corrected chi connectivity index (χ0v) is 13.3. The van der Waals surface area contributed by atoms with Crippen molar-refractivity contribution in [2.24, 2.45) is 0 Å². The monoisotopic (exact) mass is 452 g/mol. The number of hydrogen-bond acceptors (Lipinski definition) is 3. The van der Waals surface area contributed by atoms with Gasteiger partial charge in [0.15, 0.2) is 0 Å². The molecule has 0 amide bonds. The molecule has 0 aliphatic heterocycles. The van der Waals surface area contributed by atoms with Gasteiger partial charge in [0.05, 0.1) is 5.69 Å². The van der Waals surface area contributed by atoms with Crippen molar-refractivity contribution < 1.29 is 21.1 Å². The Balaban J connectivity index is 0.000000706. The van der Waals surface area contributed by atoms with E-state index in [-0.39, 0.29) is 21.1 Å². The van der Waals surface area contributed by atoms with Gasteiger partial charge in [-0.25, -0.2) is 0 Å². The van der Waals surface area contributed by atoms with Crippen LogP contribution in [0.4, 0.5) is 0 Å². The molecule has 104 valence electrons. The SMILES string of the molecule is [C-]#[C-].[Pt+2].c1cncc(-c2cccnc2-c2cccnc2)c1. The first-order valence-electron chi connectivity index (χ1n) is 5.96. The molecule has 3 rings (SSSR count). The third-order valence-electron chi connectivity index (χ3n) is 2.72. The van der Waals surface area contributed by atoms with Crippen molar-refractivity contribution >= 4 is 0 Å². The van der Waals surface area contributed by atoms with Gasteiger partial charge in [-0.15, -0.1) is 0 Å². The Morgan fingerprint density at radius 1 is 0.714 bits per heavy atom. The van der Waals surface area contributed by atoms with Gasteiger partial charge in [-0.2, -0.15) is 0 Å². The molecule has 0 saturated heterocycles. The van der Waals surface area contributed by atoms with Crippen LogP contribution in [0.1, 0.15) is 0 Å². The molecule has 3 heterocycles. The molecule has 3 nitrogen and oxygen atoms in total. The minimum absolute atomic E-state index is 0. The van der Waals surface area contributed by atoms with Gasteiger partial charge >= 0.3 is 21.1 Å². The maximum Gasteiger partial charge on any atom is 2.00 e. The van der Waals surface area contributed by atoms with Crippen molar-refractivity contribution in [3.63, 3.8) is 0 Å². The first-order chi connectivity index (χ1) is 9.95. The second kappa shape index (κ2) is 8.79. The Bertz CT molecular complexity index is 623. The van der Waals surface area contributed by atoms with Gasteiger partial charge in [-0.3, -0.25) is 15.0 Å². The fourth-order valence-corrected chi connectivity index (χ4v) is 1.89. The molecule has 0 saturated carbocycles. The van der Waals surface area contributed by atoms with Gasteiger partial charge < -0.3 is 12.8 Å². The molecular formula is C17H11N3Pt. The van der Waals surface area contributed by atoms with E-state index in [4.69, 9.17) is 12.8 Å². The summed E-state index contributed by atoms with van der Waals surface area (Å²) in [6.07, 6.45) is 19.0. The van der Waals surface area contributed by atoms with E-state index in [2.05, 4.69) is 15.0 Å². The van der Waals surface area contributed by atoms with Crippen molar-refractivity contribution in [1.29, 1.82) is 0 Å². The molecule has 0 N–H and O–H groups in total. The van der Waals surface area contributed by atoms with Gasteiger partial charge in [0, 0.05) is 47.7 Å². The van der Waals surface area contributed by atoms with Crippen molar-refractivity contribution in [2.45, 2.75) is 0 Å². The van der Waals surface area contributed by atoms with Crippen LogP contribution in [-0.2, 0) is 21.1 Å². The summed E-state index contributed by atoms with van der Waals surface area (Å²) >= 11 is 0. The quantitative estimate of drug-likeness (QED) is 0.442. The van der Waals surface area contributed by atoms with Crippen molar-refractivity contribution in [3.05, 3.63) is 80.2 Å². The summed E-state index contributed by atoms with van der Waals surface area (Å²) in [6.45, 7) is 0. The summed E-state index contributed by atoms with van der Waals surface area (Å²) in [7, 11) is 0. The van der Waals surface area contributed by atoms with Crippen LogP contribution in [0.3, 0.4) is 0 Å². The van der Waals surface area contributed by atoms with Crippen molar-refractivity contribution in [2.75, 3.05) is 0 Å². The number of aromatic nitrogens is 3. The zero-order valence-electron chi connectivity index (χ0n) is 11.0. The summed E-state index contributed by atoms with van der Waals surface area (Å²) in [6, 6.07) is 11.9. The van der Waals surface area contributed by atoms with Crippen LogP contribution in [0.2, 0.25) is 0 Å². The molecule has 0 radical (unpaired) electrons. The largest absolute Gasteiger partial charge is 2.00 e. The molecule has 0 atom stereocenters. The Morgan fingerprint density at radius 2 is 1.29 bits per heavy atom. The molecule has 3 aromatic rings. The van der Waals surface area contributed by atoms with Crippen molar-refractivity contribution in [3.8, 4) is 22.4 Å². The Hall–Kier alpha value is -2.30. The van der Waals surface area contributed by atoms with E-state index in [1.165, 1.54) is 0 Å². The predicted octanol–water partition coefficient (Wildman–Crippen LogP) is 3.37. The van der Waals surface area contributed by atoms with E-state index in [0.717, 1.165) is 22.4 Å². The Labute approximate surface area is 138 Å². The molecular weight excluding hydrogens is 441 g/mol. The molecule has 0 fully saturated rings. The molecule has 0 spiro atoms. The standard InChI is InChI=1S/C15H11N3.C2.Pt/c1-4-12(10-16-7-1)14-6-3-9-18-15(14)13-5-2-8-17-11-13;1-2;/h1-11H;;/q;-2;+2. The van der Waals surface area contributed by atoms with Crippen LogP contribution < -0.4 is 0 Å². The van der Waals surface area contributed by atoms with E-state index >= 15 is 0 Å². The van der Waals surface area contributed by atoms with E-state index in [0.29, 0.717) is 0 Å². The smallest absolute Gasteiger partial charge is 1.00 e. The van der Waals surface area contributed by atoms with Gasteiger partial charge in [0.25, 0.3) is 0 Å². The number of pyridine rings is 3. The van der Waals surface area contributed by atoms with Gasteiger partial charge in [0.1, 0.15) is 0 Å². The third-order valence-corrected chi connectivity index (χ3v) is 2.72. The summed E-state index contributed by atoms with van der Waals surface area (Å²) in [5, 5.41) is 0. The topological polar surface area (TPSA) is 38.7 Å². The fourth-order valence-electron chi connectivity index (χ4n) is 1.89. The molecule has 3 aromatic heterocycles. The second-order valence-corrected chi connectivity index (χ2v) is 3.88. The van der Waals surface area contributed by atoms with E-state index in [1.807, 2.05) is 48.8 Å². The average molecular weight is 452 g/mol. The molecule has 0 bridgehead atoms. The molecule has 0 aliphatic carbocycles. The van der Waals surface area contributed by atoms with Crippen molar-refractivity contribution in [1.82, 2.24) is 15.0 Å². The maximum atomic E-state index is 5.00. The van der Waals surface area contributed by atoms with Crippen LogP contribution in [-0.4, -0.2) is 15.0 Å². The number of rotatable bonds is 2. The predicted molar refractivity (Wildman–Crippen MR) is 77.2 cm³/mol. The summed E-state index contributed by atoms with van der Waals surface area (Å²) in [5.74, 6) is 0. The molecule has 0 aromatic carbocycles. The minimum atomic E-state index is 0. The number of hydrogen-bond donors (Lipinski definition) is 0. The molecule has 4 heteroatoms. The Morgan fingerprint density at radius 3 is 1.86 bits per heavy atom. The Kier molecular flexibility index (Phi) is 7.01. The van der Waals surface area contributed by atoms with E-state index in [1.54, 1.807) is 18.6 Å². The fraction of sp³-hybridized carbons (Fsp3) is 0.